The molecule has 1 unspecified atom stereocenters. The summed E-state index contributed by atoms with van der Waals surface area (Å²) in [5, 5.41) is 0. The quantitative estimate of drug-likeness (QED) is 0.0544. The fourth-order valence-corrected chi connectivity index (χ4v) is 5.05. The van der Waals surface area contributed by atoms with Crippen molar-refractivity contribution in [2.24, 2.45) is 0 Å². The van der Waals surface area contributed by atoms with Crippen molar-refractivity contribution in [3.63, 3.8) is 0 Å². The average molecular weight is 869 g/mol. The predicted molar refractivity (Wildman–Crippen MR) is 241 cm³/mol. The summed E-state index contributed by atoms with van der Waals surface area (Å²) in [4.78, 5) is 63.4. The first-order valence-electron chi connectivity index (χ1n) is 21.0. The van der Waals surface area contributed by atoms with Crippen molar-refractivity contribution in [2.75, 3.05) is 65.8 Å². The Bertz CT molecular complexity index is 1720. The Hall–Kier alpha value is -5.89. The van der Waals surface area contributed by atoms with E-state index >= 15 is 0 Å². The van der Waals surface area contributed by atoms with Crippen LogP contribution < -0.4 is 18.9 Å². The summed E-state index contributed by atoms with van der Waals surface area (Å²) in [6, 6.07) is 10.1. The molecular formula is C48H72N2O12. The second kappa shape index (κ2) is 35.8. The maximum atomic E-state index is 12.4. The smallest absolute Gasteiger partial charge is 0.352 e. The van der Waals surface area contributed by atoms with Crippen LogP contribution in [0.15, 0.2) is 36.4 Å². The number of rotatable bonds is 25. The molecule has 2 amide bonds. The van der Waals surface area contributed by atoms with E-state index in [9.17, 15) is 24.0 Å². The van der Waals surface area contributed by atoms with Gasteiger partial charge in [0, 0.05) is 38.7 Å². The van der Waals surface area contributed by atoms with Crippen molar-refractivity contribution in [3.05, 3.63) is 47.5 Å². The van der Waals surface area contributed by atoms with Gasteiger partial charge in [0.15, 0.2) is 36.2 Å². The summed E-state index contributed by atoms with van der Waals surface area (Å²) < 4.78 is 38.3. The Morgan fingerprint density at radius 1 is 0.629 bits per heavy atom. The van der Waals surface area contributed by atoms with Crippen molar-refractivity contribution < 1.29 is 57.1 Å². The zero-order chi connectivity index (χ0) is 46.0. The summed E-state index contributed by atoms with van der Waals surface area (Å²) in [6.07, 6.45) is 6.74. The van der Waals surface area contributed by atoms with Crippen LogP contribution in [-0.2, 0) is 44.6 Å². The fourth-order valence-electron chi connectivity index (χ4n) is 5.05. The summed E-state index contributed by atoms with van der Waals surface area (Å²) in [5.74, 6) is 7.14. The van der Waals surface area contributed by atoms with Gasteiger partial charge >= 0.3 is 17.9 Å². The lowest BCUT2D eigenvalue weighted by Crippen LogP contribution is -2.34. The molecule has 0 heterocycles. The number of amides is 2. The lowest BCUT2D eigenvalue weighted by Gasteiger charge is -2.21. The molecule has 0 bridgehead atoms. The first-order chi connectivity index (χ1) is 29.3. The molecule has 0 aliphatic carbocycles. The van der Waals surface area contributed by atoms with Crippen molar-refractivity contribution >= 4 is 29.7 Å². The van der Waals surface area contributed by atoms with E-state index in [1.54, 1.807) is 53.1 Å². The van der Waals surface area contributed by atoms with Gasteiger partial charge in [0.05, 0.1) is 32.8 Å². The molecule has 0 saturated heterocycles. The number of hydrogen-bond acceptors (Lipinski definition) is 12. The van der Waals surface area contributed by atoms with Crippen LogP contribution in [-0.4, -0.2) is 105 Å². The van der Waals surface area contributed by atoms with E-state index in [1.165, 1.54) is 6.92 Å². The number of esters is 3. The minimum absolute atomic E-state index is 0. The van der Waals surface area contributed by atoms with Crippen LogP contribution in [0.3, 0.4) is 0 Å². The van der Waals surface area contributed by atoms with Crippen LogP contribution in [0.25, 0.3) is 0 Å². The van der Waals surface area contributed by atoms with Gasteiger partial charge in [0.25, 0.3) is 11.8 Å². The summed E-state index contributed by atoms with van der Waals surface area (Å²) in [6.45, 7) is 22.3. The van der Waals surface area contributed by atoms with Crippen LogP contribution in [0.4, 0.5) is 0 Å². The van der Waals surface area contributed by atoms with E-state index in [-0.39, 0.29) is 51.5 Å². The molecule has 0 saturated carbocycles. The molecular weight excluding hydrogens is 797 g/mol. The normalized spacial score (nSPS) is 10.1. The molecule has 2 aromatic rings. The number of carbonyl (C=O) groups excluding carboxylic acids is 5. The number of benzene rings is 2. The molecule has 0 N–H and O–H groups in total. The fraction of sp³-hybridized carbons (Fsp3) is 0.562. The molecule has 1 atom stereocenters. The Kier molecular flexibility index (Phi) is 33.6. The van der Waals surface area contributed by atoms with Crippen LogP contribution in [0, 0.1) is 24.2 Å². The largest absolute Gasteiger partial charge is 0.490 e. The third-order valence-electron chi connectivity index (χ3n) is 8.10. The summed E-state index contributed by atoms with van der Waals surface area (Å²) in [7, 11) is 0. The number of likely N-dealkylation sites (N-methyl/N-ethyl adjacent to an activating group) is 2. The second-order valence-corrected chi connectivity index (χ2v) is 13.0. The Morgan fingerprint density at radius 3 is 1.52 bits per heavy atom. The molecule has 0 aromatic heterocycles. The molecule has 2 aromatic carbocycles. The highest BCUT2D eigenvalue weighted by Crippen LogP contribution is 2.33. The van der Waals surface area contributed by atoms with E-state index in [1.807, 2.05) is 55.4 Å². The topological polar surface area (TPSA) is 156 Å². The number of carbonyl (C=O) groups is 5. The number of hydrogen-bond donors (Lipinski definition) is 0. The molecule has 0 radical (unpaired) electrons. The van der Waals surface area contributed by atoms with E-state index in [4.69, 9.17) is 39.6 Å². The number of nitrogens with zero attached hydrogens (tertiary/aromatic N) is 2. The van der Waals surface area contributed by atoms with Gasteiger partial charge in [-0.3, -0.25) is 19.2 Å². The van der Waals surface area contributed by atoms with Gasteiger partial charge in [-0.25, -0.2) is 4.79 Å². The van der Waals surface area contributed by atoms with Gasteiger partial charge < -0.3 is 43.0 Å². The highest BCUT2D eigenvalue weighted by Gasteiger charge is 2.27. The van der Waals surface area contributed by atoms with E-state index in [0.29, 0.717) is 81.0 Å². The second-order valence-electron chi connectivity index (χ2n) is 13.0. The highest BCUT2D eigenvalue weighted by atomic mass is 16.6. The van der Waals surface area contributed by atoms with Crippen molar-refractivity contribution in [3.8, 4) is 47.2 Å². The van der Waals surface area contributed by atoms with Gasteiger partial charge in [-0.1, -0.05) is 53.2 Å². The molecule has 0 aliphatic rings. The van der Waals surface area contributed by atoms with Crippen LogP contribution in [0.2, 0.25) is 0 Å². The lowest BCUT2D eigenvalue weighted by molar-refractivity contribution is -0.167. The van der Waals surface area contributed by atoms with Gasteiger partial charge in [0.2, 0.25) is 6.10 Å². The zero-order valence-corrected chi connectivity index (χ0v) is 38.0. The average Bonchev–Trinajstić information content (AvgIpc) is 3.25. The van der Waals surface area contributed by atoms with Crippen LogP contribution in [0.1, 0.15) is 120 Å². The third kappa shape index (κ3) is 23.8. The first kappa shape index (κ1) is 58.2. The Balaban J connectivity index is 0. The molecule has 14 heteroatoms. The third-order valence-corrected chi connectivity index (χ3v) is 8.10. The lowest BCUT2D eigenvalue weighted by atomic mass is 10.1. The minimum atomic E-state index is -1.20. The van der Waals surface area contributed by atoms with Gasteiger partial charge in [-0.15, -0.1) is 6.42 Å². The molecule has 0 aliphatic heterocycles. The molecule has 0 spiro atoms. The number of ether oxygens (including phenoxy) is 7. The van der Waals surface area contributed by atoms with Crippen molar-refractivity contribution in [1.82, 2.24) is 9.80 Å². The van der Waals surface area contributed by atoms with E-state index in [0.717, 1.165) is 24.8 Å². The molecule has 62 heavy (non-hydrogen) atoms. The van der Waals surface area contributed by atoms with Crippen molar-refractivity contribution in [1.29, 1.82) is 0 Å². The van der Waals surface area contributed by atoms with Gasteiger partial charge in [-0.2, -0.15) is 0 Å². The van der Waals surface area contributed by atoms with E-state index < -0.39 is 18.0 Å². The van der Waals surface area contributed by atoms with Crippen LogP contribution >= 0.6 is 0 Å². The standard InChI is InChI=1S/C22H33NO7.C20H31NO5.C5H4.CH4/c1-6-12-27-19-14-17(21(30-16(5)24)22(26)28-13-7-2)10-11-18(19)29-15-20(25)23(8-3)9-4;1-5-11-24-18-13-16(14-20(23)25-12-6-2)9-10-17(18)26-15-19(22)21(7-3)8-4;1-3-5-4-2;/h10-11,14,21H,6-9,12-13,15H2,1-5H3;9-10,13H,5-8,11-12,14-15H2,1-4H3;1H,2H3;1H4. The first-order valence-corrected chi connectivity index (χ1v) is 21.0. The van der Waals surface area contributed by atoms with Gasteiger partial charge in [-0.05, 0) is 102 Å². The minimum Gasteiger partial charge on any atom is -0.490 e. The van der Waals surface area contributed by atoms with Crippen molar-refractivity contribution in [2.45, 2.75) is 115 Å². The SMILES string of the molecule is C.C#CC#CC.CCCOC(=O)C(OC(C)=O)c1ccc(OCC(=O)N(CC)CC)c(OCCC)c1.CCCOC(=O)Cc1ccc(OCC(=O)N(CC)CC)c(OCCC)c1. The van der Waals surface area contributed by atoms with Crippen LogP contribution in [0.5, 0.6) is 23.0 Å². The molecule has 14 nitrogen and oxygen atoms in total. The highest BCUT2D eigenvalue weighted by molar-refractivity contribution is 5.81. The summed E-state index contributed by atoms with van der Waals surface area (Å²) >= 11 is 0. The summed E-state index contributed by atoms with van der Waals surface area (Å²) in [5.41, 5.74) is 1.19. The molecule has 2 rings (SSSR count). The Labute approximate surface area is 371 Å². The zero-order valence-electron chi connectivity index (χ0n) is 38.0. The molecule has 346 valence electrons. The maximum absolute atomic E-state index is 12.4. The van der Waals surface area contributed by atoms with E-state index in [2.05, 4.69) is 17.8 Å². The monoisotopic (exact) mass is 869 g/mol. The predicted octanol–water partition coefficient (Wildman–Crippen LogP) is 7.78. The van der Waals surface area contributed by atoms with Gasteiger partial charge in [0.1, 0.15) is 0 Å². The maximum Gasteiger partial charge on any atom is 0.352 e. The molecule has 0 fully saturated rings. The Morgan fingerprint density at radius 2 is 1.10 bits per heavy atom. The number of terminal acetylenes is 1.